The highest BCUT2D eigenvalue weighted by atomic mass is 32.2. The van der Waals surface area contributed by atoms with Gasteiger partial charge in [0.1, 0.15) is 18.1 Å². The van der Waals surface area contributed by atoms with Gasteiger partial charge in [0.15, 0.2) is 0 Å². The van der Waals surface area contributed by atoms with E-state index in [-0.39, 0.29) is 6.61 Å². The van der Waals surface area contributed by atoms with Crippen molar-refractivity contribution in [2.45, 2.75) is 12.3 Å². The Balaban J connectivity index is 2.14. The first kappa shape index (κ1) is 12.9. The summed E-state index contributed by atoms with van der Waals surface area (Å²) < 4.78 is 10.1. The summed E-state index contributed by atoms with van der Waals surface area (Å²) >= 11 is 1.72. The number of ether oxygens (including phenoxy) is 1. The number of nitrogens with two attached hydrogens (primary N) is 1. The number of hydrogen-bond donors (Lipinski definition) is 2. The van der Waals surface area contributed by atoms with E-state index in [0.29, 0.717) is 13.1 Å². The molecule has 5 nitrogen and oxygen atoms in total. The zero-order valence-electron chi connectivity index (χ0n) is 9.19. The minimum Gasteiger partial charge on any atom is -0.464 e. The van der Waals surface area contributed by atoms with Gasteiger partial charge in [0.2, 0.25) is 0 Å². The lowest BCUT2D eigenvalue weighted by Gasteiger charge is -2.02. The first-order chi connectivity index (χ1) is 7.72. The zero-order chi connectivity index (χ0) is 11.8. The molecule has 0 radical (unpaired) electrons. The minimum atomic E-state index is -0.748. The smallest absolute Gasteiger partial charge is 0.404 e. The van der Waals surface area contributed by atoms with E-state index in [2.05, 4.69) is 10.1 Å². The molecule has 1 aromatic heterocycles. The molecule has 1 rings (SSSR count). The summed E-state index contributed by atoms with van der Waals surface area (Å²) in [6.45, 7) is 1.45. The van der Waals surface area contributed by atoms with E-state index in [1.807, 2.05) is 18.4 Å². The van der Waals surface area contributed by atoms with Gasteiger partial charge in [-0.3, -0.25) is 0 Å². The first-order valence-corrected chi connectivity index (χ1v) is 6.31. The molecule has 90 valence electrons. The lowest BCUT2D eigenvalue weighted by molar-refractivity contribution is 0.157. The molecule has 0 aliphatic heterocycles. The summed E-state index contributed by atoms with van der Waals surface area (Å²) in [6, 6.07) is 3.90. The lowest BCUT2D eigenvalue weighted by atomic mass is 10.4. The molecule has 0 saturated heterocycles. The van der Waals surface area contributed by atoms with Crippen molar-refractivity contribution in [2.75, 3.05) is 19.4 Å². The summed E-state index contributed by atoms with van der Waals surface area (Å²) in [4.78, 5) is 10.3. The molecule has 1 amide bonds. The number of primary amides is 1. The summed E-state index contributed by atoms with van der Waals surface area (Å²) in [5, 5.41) is 3.08. The number of carbonyl (C=O) groups is 1. The largest absolute Gasteiger partial charge is 0.464 e. The zero-order valence-corrected chi connectivity index (χ0v) is 10.0. The van der Waals surface area contributed by atoms with Gasteiger partial charge in [-0.05, 0) is 18.4 Å². The Morgan fingerprint density at radius 1 is 1.56 bits per heavy atom. The molecule has 0 unspecified atom stereocenters. The third-order valence-corrected chi connectivity index (χ3v) is 2.40. The summed E-state index contributed by atoms with van der Waals surface area (Å²) in [5.41, 5.74) is 4.81. The van der Waals surface area contributed by atoms with Crippen LogP contribution in [0.2, 0.25) is 0 Å². The van der Waals surface area contributed by atoms with Crippen LogP contribution in [0.1, 0.15) is 11.5 Å². The third kappa shape index (κ3) is 5.09. The molecule has 0 atom stereocenters. The fraction of sp³-hybridized carbons (Fsp3) is 0.500. The molecule has 0 bridgehead atoms. The van der Waals surface area contributed by atoms with Gasteiger partial charge in [-0.15, -0.1) is 0 Å². The topological polar surface area (TPSA) is 77.5 Å². The van der Waals surface area contributed by atoms with E-state index in [0.717, 1.165) is 17.3 Å². The number of carbonyl (C=O) groups excluding carboxylic acids is 1. The number of amides is 1. The second-order valence-electron chi connectivity index (χ2n) is 3.15. The second kappa shape index (κ2) is 7.19. The Hall–Kier alpha value is -1.14. The molecule has 16 heavy (non-hydrogen) atoms. The van der Waals surface area contributed by atoms with Gasteiger partial charge in [-0.25, -0.2) is 4.79 Å². The van der Waals surface area contributed by atoms with Crippen molar-refractivity contribution in [1.29, 1.82) is 0 Å². The highest BCUT2D eigenvalue weighted by Crippen LogP contribution is 2.12. The molecule has 0 aliphatic carbocycles. The first-order valence-electron chi connectivity index (χ1n) is 4.92. The van der Waals surface area contributed by atoms with Crippen LogP contribution < -0.4 is 11.1 Å². The van der Waals surface area contributed by atoms with E-state index >= 15 is 0 Å². The summed E-state index contributed by atoms with van der Waals surface area (Å²) in [5.74, 6) is 2.73. The predicted octanol–water partition coefficient (Wildman–Crippen LogP) is 1.33. The minimum absolute atomic E-state index is 0.272. The SMILES string of the molecule is CSCc1ccc(CNCCOC(N)=O)o1. The normalized spacial score (nSPS) is 10.3. The van der Waals surface area contributed by atoms with E-state index in [4.69, 9.17) is 10.2 Å². The van der Waals surface area contributed by atoms with Crippen molar-refractivity contribution >= 4 is 17.9 Å². The molecule has 0 fully saturated rings. The van der Waals surface area contributed by atoms with E-state index in [1.165, 1.54) is 0 Å². The van der Waals surface area contributed by atoms with Crippen LogP contribution in [-0.4, -0.2) is 25.5 Å². The standard InChI is InChI=1S/C10H16N2O3S/c1-16-7-9-3-2-8(15-9)6-12-4-5-14-10(11)13/h2-3,12H,4-7H2,1H3,(H2,11,13). The molecule has 0 saturated carbocycles. The van der Waals surface area contributed by atoms with E-state index in [9.17, 15) is 4.79 Å². The fourth-order valence-electron chi connectivity index (χ4n) is 1.17. The Kier molecular flexibility index (Phi) is 5.81. The van der Waals surface area contributed by atoms with Crippen LogP contribution in [0.25, 0.3) is 0 Å². The maximum atomic E-state index is 10.3. The van der Waals surface area contributed by atoms with Crippen LogP contribution in [0.5, 0.6) is 0 Å². The quantitative estimate of drug-likeness (QED) is 0.707. The van der Waals surface area contributed by atoms with Crippen molar-refractivity contribution in [3.63, 3.8) is 0 Å². The van der Waals surface area contributed by atoms with Crippen LogP contribution in [0, 0.1) is 0 Å². The maximum Gasteiger partial charge on any atom is 0.404 e. The molecule has 0 aliphatic rings. The van der Waals surface area contributed by atoms with Crippen molar-refractivity contribution in [2.24, 2.45) is 5.73 Å². The summed E-state index contributed by atoms with van der Waals surface area (Å²) in [6.07, 6.45) is 1.28. The van der Waals surface area contributed by atoms with Crippen molar-refractivity contribution in [3.05, 3.63) is 23.7 Å². The molecule has 0 aromatic carbocycles. The fourth-order valence-corrected chi connectivity index (χ4v) is 1.61. The van der Waals surface area contributed by atoms with Gasteiger partial charge < -0.3 is 20.2 Å². The molecule has 1 aromatic rings. The number of hydrogen-bond acceptors (Lipinski definition) is 5. The third-order valence-electron chi connectivity index (χ3n) is 1.83. The van der Waals surface area contributed by atoms with Gasteiger partial charge in [0, 0.05) is 6.54 Å². The lowest BCUT2D eigenvalue weighted by Crippen LogP contribution is -2.23. The molecular formula is C10H16N2O3S. The van der Waals surface area contributed by atoms with Crippen LogP contribution in [0.3, 0.4) is 0 Å². The maximum absolute atomic E-state index is 10.3. The van der Waals surface area contributed by atoms with E-state index < -0.39 is 6.09 Å². The van der Waals surface area contributed by atoms with Crippen LogP contribution >= 0.6 is 11.8 Å². The van der Waals surface area contributed by atoms with Crippen LogP contribution in [0.15, 0.2) is 16.5 Å². The second-order valence-corrected chi connectivity index (χ2v) is 4.01. The van der Waals surface area contributed by atoms with Crippen molar-refractivity contribution in [3.8, 4) is 0 Å². The molecule has 0 spiro atoms. The number of rotatable bonds is 7. The Bertz CT molecular complexity index is 328. The monoisotopic (exact) mass is 244 g/mol. The van der Waals surface area contributed by atoms with E-state index in [1.54, 1.807) is 11.8 Å². The molecular weight excluding hydrogens is 228 g/mol. The van der Waals surface area contributed by atoms with Crippen LogP contribution in [0.4, 0.5) is 4.79 Å². The van der Waals surface area contributed by atoms with Gasteiger partial charge in [-0.1, -0.05) is 0 Å². The Labute approximate surface area is 98.7 Å². The van der Waals surface area contributed by atoms with Gasteiger partial charge in [-0.2, -0.15) is 11.8 Å². The number of nitrogens with one attached hydrogen (secondary N) is 1. The average Bonchev–Trinajstić information content (AvgIpc) is 2.65. The summed E-state index contributed by atoms with van der Waals surface area (Å²) in [7, 11) is 0. The number of thioether (sulfide) groups is 1. The highest BCUT2D eigenvalue weighted by molar-refractivity contribution is 7.97. The molecule has 1 heterocycles. The average molecular weight is 244 g/mol. The highest BCUT2D eigenvalue weighted by Gasteiger charge is 2.01. The Morgan fingerprint density at radius 2 is 2.31 bits per heavy atom. The molecule has 6 heteroatoms. The van der Waals surface area contributed by atoms with Gasteiger partial charge >= 0.3 is 6.09 Å². The van der Waals surface area contributed by atoms with Crippen molar-refractivity contribution in [1.82, 2.24) is 5.32 Å². The predicted molar refractivity (Wildman–Crippen MR) is 63.2 cm³/mol. The molecule has 3 N–H and O–H groups in total. The van der Waals surface area contributed by atoms with Crippen molar-refractivity contribution < 1.29 is 13.9 Å². The van der Waals surface area contributed by atoms with Gasteiger partial charge in [0.25, 0.3) is 0 Å². The van der Waals surface area contributed by atoms with Gasteiger partial charge in [0.05, 0.1) is 12.3 Å². The number of furan rings is 1. The Morgan fingerprint density at radius 3 is 3.00 bits per heavy atom. The van der Waals surface area contributed by atoms with Crippen LogP contribution in [-0.2, 0) is 17.0 Å².